The maximum Gasteiger partial charge on any atom is 0.269 e. The summed E-state index contributed by atoms with van der Waals surface area (Å²) in [6.07, 6.45) is 0.766. The number of halogens is 2. The normalized spacial score (nSPS) is 18.4. The minimum absolute atomic E-state index is 0.135. The Kier molecular flexibility index (Phi) is 6.87. The molecular formula is C21H22ClFN4O4. The van der Waals surface area contributed by atoms with E-state index >= 15 is 0 Å². The number of hydrogen-bond acceptors (Lipinski definition) is 6. The number of methoxy groups -OCH3 is 1. The molecule has 10 heteroatoms. The van der Waals surface area contributed by atoms with Crippen LogP contribution in [0.25, 0.3) is 11.3 Å². The number of ether oxygens (including phenoxy) is 2. The number of nitrogens with one attached hydrogen (secondary N) is 1. The van der Waals surface area contributed by atoms with Crippen molar-refractivity contribution in [3.8, 4) is 17.0 Å². The fourth-order valence-electron chi connectivity index (χ4n) is 3.54. The van der Waals surface area contributed by atoms with E-state index in [0.717, 1.165) is 0 Å². The lowest BCUT2D eigenvalue weighted by atomic mass is 9.99. The first-order chi connectivity index (χ1) is 14.8. The van der Waals surface area contributed by atoms with Crippen LogP contribution < -0.4 is 10.1 Å². The summed E-state index contributed by atoms with van der Waals surface area (Å²) in [4.78, 5) is 33.8. The van der Waals surface area contributed by atoms with E-state index in [9.17, 15) is 14.0 Å². The molecule has 0 unspecified atom stereocenters. The second-order valence-corrected chi connectivity index (χ2v) is 7.22. The van der Waals surface area contributed by atoms with Gasteiger partial charge in [-0.2, -0.15) is 4.39 Å². The lowest BCUT2D eigenvalue weighted by Crippen LogP contribution is -2.48. The predicted octanol–water partition coefficient (Wildman–Crippen LogP) is 2.78. The van der Waals surface area contributed by atoms with Gasteiger partial charge < -0.3 is 19.7 Å². The second kappa shape index (κ2) is 9.40. The standard InChI is InChI=1S/C21H22ClFN4O4/c1-5-17(28)27-6-7-31-18(11(27)2)12-8-14(25-16(22)9-12)13-10-15(21(29)24-3)26-20(23)19(13)30-4/h5,8-11,18H,1,6-7H2,2-4H3,(H,24,29)/t11-,18+/m0/s1. The minimum Gasteiger partial charge on any atom is -0.491 e. The van der Waals surface area contributed by atoms with Crippen LogP contribution in [0.5, 0.6) is 5.75 Å². The van der Waals surface area contributed by atoms with Gasteiger partial charge in [0.15, 0.2) is 5.75 Å². The molecule has 0 bridgehead atoms. The van der Waals surface area contributed by atoms with Crippen LogP contribution in [0.3, 0.4) is 0 Å². The molecule has 1 aliphatic rings. The topological polar surface area (TPSA) is 93.7 Å². The van der Waals surface area contributed by atoms with Gasteiger partial charge in [-0.05, 0) is 36.8 Å². The van der Waals surface area contributed by atoms with Gasteiger partial charge in [0.2, 0.25) is 5.91 Å². The van der Waals surface area contributed by atoms with Gasteiger partial charge >= 0.3 is 0 Å². The molecule has 1 aliphatic heterocycles. The first-order valence-corrected chi connectivity index (χ1v) is 9.87. The Morgan fingerprint density at radius 2 is 2.13 bits per heavy atom. The van der Waals surface area contributed by atoms with Crippen LogP contribution in [-0.4, -0.2) is 60.0 Å². The fraction of sp³-hybridized carbons (Fsp3) is 0.333. The summed E-state index contributed by atoms with van der Waals surface area (Å²) in [5.41, 5.74) is 0.989. The molecule has 164 valence electrons. The molecule has 0 aliphatic carbocycles. The summed E-state index contributed by atoms with van der Waals surface area (Å²) in [6, 6.07) is 4.36. The highest BCUT2D eigenvalue weighted by Crippen LogP contribution is 2.36. The summed E-state index contributed by atoms with van der Waals surface area (Å²) in [5.74, 6) is -1.89. The summed E-state index contributed by atoms with van der Waals surface area (Å²) >= 11 is 6.27. The number of carbonyl (C=O) groups is 2. The van der Waals surface area contributed by atoms with Crippen molar-refractivity contribution in [3.05, 3.63) is 53.2 Å². The average molecular weight is 449 g/mol. The van der Waals surface area contributed by atoms with E-state index in [4.69, 9.17) is 21.1 Å². The van der Waals surface area contributed by atoms with Crippen molar-refractivity contribution in [1.82, 2.24) is 20.2 Å². The highest BCUT2D eigenvalue weighted by Gasteiger charge is 2.33. The zero-order chi connectivity index (χ0) is 22.7. The van der Waals surface area contributed by atoms with Gasteiger partial charge in [-0.15, -0.1) is 0 Å². The van der Waals surface area contributed by atoms with E-state index in [1.54, 1.807) is 17.0 Å². The molecule has 2 aromatic rings. The lowest BCUT2D eigenvalue weighted by molar-refractivity contribution is -0.140. The molecule has 2 aromatic heterocycles. The molecule has 8 nitrogen and oxygen atoms in total. The van der Waals surface area contributed by atoms with Crippen molar-refractivity contribution in [3.63, 3.8) is 0 Å². The third kappa shape index (κ3) is 4.52. The molecule has 1 N–H and O–H groups in total. The number of amides is 2. The zero-order valence-corrected chi connectivity index (χ0v) is 18.1. The SMILES string of the molecule is C=CC(=O)N1CCO[C@@H](c2cc(Cl)nc(-c3cc(C(=O)NC)nc(F)c3OC)c2)[C@@H]1C. The van der Waals surface area contributed by atoms with Gasteiger partial charge in [0, 0.05) is 19.2 Å². The van der Waals surface area contributed by atoms with Crippen LogP contribution in [0.2, 0.25) is 5.15 Å². The third-order valence-electron chi connectivity index (χ3n) is 5.03. The molecule has 3 rings (SSSR count). The smallest absolute Gasteiger partial charge is 0.269 e. The molecule has 3 heterocycles. The summed E-state index contributed by atoms with van der Waals surface area (Å²) < 4.78 is 25.6. The van der Waals surface area contributed by atoms with Gasteiger partial charge in [0.25, 0.3) is 11.9 Å². The average Bonchev–Trinajstić information content (AvgIpc) is 2.77. The first-order valence-electron chi connectivity index (χ1n) is 9.49. The molecule has 2 amide bonds. The Hall–Kier alpha value is -3.04. The van der Waals surface area contributed by atoms with Crippen LogP contribution in [0, 0.1) is 5.95 Å². The number of rotatable bonds is 5. The van der Waals surface area contributed by atoms with Gasteiger partial charge in [-0.1, -0.05) is 18.2 Å². The van der Waals surface area contributed by atoms with Gasteiger partial charge in [0.05, 0.1) is 25.5 Å². The fourth-order valence-corrected chi connectivity index (χ4v) is 3.75. The van der Waals surface area contributed by atoms with E-state index in [1.165, 1.54) is 26.3 Å². The second-order valence-electron chi connectivity index (χ2n) is 6.83. The van der Waals surface area contributed by atoms with Crippen molar-refractivity contribution < 1.29 is 23.5 Å². The number of morpholine rings is 1. The maximum absolute atomic E-state index is 14.5. The van der Waals surface area contributed by atoms with Gasteiger partial charge in [0.1, 0.15) is 17.0 Å². The zero-order valence-electron chi connectivity index (χ0n) is 17.3. The minimum atomic E-state index is -0.952. The number of hydrogen-bond donors (Lipinski definition) is 1. The third-order valence-corrected chi connectivity index (χ3v) is 5.23. The Bertz CT molecular complexity index is 1030. The molecule has 0 saturated carbocycles. The number of carbonyl (C=O) groups excluding carboxylic acids is 2. The van der Waals surface area contributed by atoms with E-state index in [2.05, 4.69) is 21.9 Å². The molecule has 1 fully saturated rings. The van der Waals surface area contributed by atoms with Crippen LogP contribution >= 0.6 is 11.6 Å². The van der Waals surface area contributed by atoms with E-state index in [-0.39, 0.29) is 39.8 Å². The van der Waals surface area contributed by atoms with Crippen molar-refractivity contribution >= 4 is 23.4 Å². The largest absolute Gasteiger partial charge is 0.491 e. The quantitative estimate of drug-likeness (QED) is 0.558. The van der Waals surface area contributed by atoms with Crippen LogP contribution in [0.4, 0.5) is 4.39 Å². The molecule has 0 spiro atoms. The lowest BCUT2D eigenvalue weighted by Gasteiger charge is -2.39. The molecule has 31 heavy (non-hydrogen) atoms. The van der Waals surface area contributed by atoms with E-state index in [0.29, 0.717) is 18.7 Å². The van der Waals surface area contributed by atoms with Crippen LogP contribution in [-0.2, 0) is 9.53 Å². The highest BCUT2D eigenvalue weighted by atomic mass is 35.5. The van der Waals surface area contributed by atoms with Crippen molar-refractivity contribution in [2.45, 2.75) is 19.1 Å². The first kappa shape index (κ1) is 22.6. The predicted molar refractivity (Wildman–Crippen MR) is 112 cm³/mol. The maximum atomic E-state index is 14.5. The number of pyridine rings is 2. The van der Waals surface area contributed by atoms with Gasteiger partial charge in [-0.25, -0.2) is 9.97 Å². The van der Waals surface area contributed by atoms with Crippen LogP contribution in [0.15, 0.2) is 30.9 Å². The molecule has 1 saturated heterocycles. The Labute approximate surface area is 184 Å². The molecule has 0 aromatic carbocycles. The van der Waals surface area contributed by atoms with E-state index in [1.807, 2.05) is 6.92 Å². The molecular weight excluding hydrogens is 427 g/mol. The van der Waals surface area contributed by atoms with Crippen molar-refractivity contribution in [1.29, 1.82) is 0 Å². The van der Waals surface area contributed by atoms with Crippen LogP contribution in [0.1, 0.15) is 29.1 Å². The molecule has 0 radical (unpaired) electrons. The monoisotopic (exact) mass is 448 g/mol. The summed E-state index contributed by atoms with van der Waals surface area (Å²) in [5, 5.41) is 2.54. The van der Waals surface area contributed by atoms with E-state index < -0.39 is 18.0 Å². The summed E-state index contributed by atoms with van der Waals surface area (Å²) in [6.45, 7) is 6.17. The summed E-state index contributed by atoms with van der Waals surface area (Å²) in [7, 11) is 2.71. The van der Waals surface area contributed by atoms with Crippen molar-refractivity contribution in [2.75, 3.05) is 27.3 Å². The number of nitrogens with zero attached hydrogens (tertiary/aromatic N) is 3. The Balaban J connectivity index is 2.10. The molecule has 2 atom stereocenters. The van der Waals surface area contributed by atoms with Crippen molar-refractivity contribution in [2.24, 2.45) is 0 Å². The Morgan fingerprint density at radius 3 is 2.77 bits per heavy atom. The van der Waals surface area contributed by atoms with Gasteiger partial charge in [-0.3, -0.25) is 9.59 Å². The Morgan fingerprint density at radius 1 is 1.39 bits per heavy atom. The number of aromatic nitrogens is 2. The highest BCUT2D eigenvalue weighted by molar-refractivity contribution is 6.29.